The quantitative estimate of drug-likeness (QED) is 0.314. The van der Waals surface area contributed by atoms with Gasteiger partial charge in [0.15, 0.2) is 5.17 Å². The highest BCUT2D eigenvalue weighted by molar-refractivity contribution is 8.13. The van der Waals surface area contributed by atoms with Crippen molar-refractivity contribution >= 4 is 40.5 Å². The van der Waals surface area contributed by atoms with E-state index in [0.29, 0.717) is 18.9 Å². The lowest BCUT2D eigenvalue weighted by atomic mass is 10.1. The summed E-state index contributed by atoms with van der Waals surface area (Å²) in [5, 5.41) is 1.55. The number of unbranched alkanes of at least 4 members (excludes halogenated alkanes) is 3. The van der Waals surface area contributed by atoms with E-state index in [1.165, 1.54) is 0 Å². The van der Waals surface area contributed by atoms with Crippen LogP contribution in [0.5, 0.6) is 11.5 Å². The van der Waals surface area contributed by atoms with Crippen molar-refractivity contribution < 1.29 is 14.3 Å². The van der Waals surface area contributed by atoms with Gasteiger partial charge < -0.3 is 9.47 Å². The van der Waals surface area contributed by atoms with Crippen LogP contribution in [0.1, 0.15) is 37.7 Å². The zero-order chi connectivity index (χ0) is 22.2. The van der Waals surface area contributed by atoms with Gasteiger partial charge in [-0.25, -0.2) is 4.99 Å². The van der Waals surface area contributed by atoms with Gasteiger partial charge in [0.1, 0.15) is 17.2 Å². The van der Waals surface area contributed by atoms with Gasteiger partial charge in [0.05, 0.1) is 13.2 Å². The third-order valence-corrected chi connectivity index (χ3v) is 6.53. The first-order chi connectivity index (χ1) is 15.7. The first-order valence-electron chi connectivity index (χ1n) is 11.1. The monoisotopic (exact) mass is 470 g/mol. The first kappa shape index (κ1) is 22.7. The van der Waals surface area contributed by atoms with Gasteiger partial charge >= 0.3 is 0 Å². The summed E-state index contributed by atoms with van der Waals surface area (Å²) in [5.41, 5.74) is 1.44. The second kappa shape index (κ2) is 11.4. The first-order valence-corrected chi connectivity index (χ1v) is 12.4. The van der Waals surface area contributed by atoms with E-state index in [1.807, 2.05) is 54.6 Å². The predicted octanol–water partition coefficient (Wildman–Crippen LogP) is 6.03. The molecule has 2 aromatic carbocycles. The molecule has 0 atom stereocenters. The van der Waals surface area contributed by atoms with Crippen LogP contribution in [-0.4, -0.2) is 41.5 Å². The molecular weight excluding hydrogens is 444 g/mol. The highest BCUT2D eigenvalue weighted by atomic mass is 35.5. The summed E-state index contributed by atoms with van der Waals surface area (Å²) >= 11 is 7.52. The molecule has 0 N–H and O–H groups in total. The average molecular weight is 471 g/mol. The fraction of sp³-hybridized carbons (Fsp3) is 0.360. The SMILES string of the molecule is O=C1/C(=C/c2cccc(OCCCCCCOc3ccc(Cl)cc3)c2)N=C2SCCCN12. The Labute approximate surface area is 198 Å². The Bertz CT molecular complexity index is 991. The minimum Gasteiger partial charge on any atom is -0.494 e. The maximum Gasteiger partial charge on any atom is 0.278 e. The number of hydrogen-bond acceptors (Lipinski definition) is 5. The van der Waals surface area contributed by atoms with E-state index in [2.05, 4.69) is 4.99 Å². The molecule has 168 valence electrons. The van der Waals surface area contributed by atoms with E-state index in [4.69, 9.17) is 21.1 Å². The summed E-state index contributed by atoms with van der Waals surface area (Å²) in [5.74, 6) is 2.69. The molecule has 2 aromatic rings. The zero-order valence-electron chi connectivity index (χ0n) is 18.0. The molecule has 7 heteroatoms. The molecule has 0 saturated carbocycles. The summed E-state index contributed by atoms with van der Waals surface area (Å²) in [6, 6.07) is 15.3. The van der Waals surface area contributed by atoms with Crippen LogP contribution in [0.3, 0.4) is 0 Å². The van der Waals surface area contributed by atoms with Crippen LogP contribution in [0.4, 0.5) is 0 Å². The summed E-state index contributed by atoms with van der Waals surface area (Å²) in [4.78, 5) is 18.8. The summed E-state index contributed by atoms with van der Waals surface area (Å²) in [7, 11) is 0. The number of hydrogen-bond donors (Lipinski definition) is 0. The lowest BCUT2D eigenvalue weighted by Crippen LogP contribution is -2.34. The van der Waals surface area contributed by atoms with Gasteiger partial charge in [-0.15, -0.1) is 0 Å². The molecular formula is C25H27ClN2O3S. The van der Waals surface area contributed by atoms with Crippen molar-refractivity contribution in [2.24, 2.45) is 4.99 Å². The predicted molar refractivity (Wildman–Crippen MR) is 132 cm³/mol. The summed E-state index contributed by atoms with van der Waals surface area (Å²) in [6.45, 7) is 2.14. The topological polar surface area (TPSA) is 51.1 Å². The van der Waals surface area contributed by atoms with Crippen LogP contribution >= 0.6 is 23.4 Å². The number of benzene rings is 2. The molecule has 1 fully saturated rings. The highest BCUT2D eigenvalue weighted by Crippen LogP contribution is 2.28. The number of fused-ring (bicyclic) bond motifs is 1. The van der Waals surface area contributed by atoms with Crippen molar-refractivity contribution in [2.75, 3.05) is 25.5 Å². The molecule has 2 aliphatic rings. The Morgan fingerprint density at radius 1 is 1.00 bits per heavy atom. The van der Waals surface area contributed by atoms with Gasteiger partial charge in [-0.2, -0.15) is 0 Å². The molecule has 0 aliphatic carbocycles. The second-order valence-corrected chi connectivity index (χ2v) is 9.22. The zero-order valence-corrected chi connectivity index (χ0v) is 19.5. The Morgan fingerprint density at radius 3 is 2.50 bits per heavy atom. The molecule has 0 aromatic heterocycles. The number of amidine groups is 1. The van der Waals surface area contributed by atoms with Gasteiger partial charge in [-0.3, -0.25) is 9.69 Å². The number of carbonyl (C=O) groups is 1. The maximum absolute atomic E-state index is 12.5. The van der Waals surface area contributed by atoms with Gasteiger partial charge in [-0.1, -0.05) is 35.5 Å². The van der Waals surface area contributed by atoms with Crippen molar-refractivity contribution in [3.05, 3.63) is 64.8 Å². The average Bonchev–Trinajstić information content (AvgIpc) is 3.12. The lowest BCUT2D eigenvalue weighted by molar-refractivity contribution is -0.122. The van der Waals surface area contributed by atoms with Crippen molar-refractivity contribution in [1.29, 1.82) is 0 Å². The lowest BCUT2D eigenvalue weighted by Gasteiger charge is -2.21. The fourth-order valence-corrected chi connectivity index (χ4v) is 4.62. The normalized spacial score (nSPS) is 16.8. The number of rotatable bonds is 10. The molecule has 0 radical (unpaired) electrons. The summed E-state index contributed by atoms with van der Waals surface area (Å²) < 4.78 is 11.6. The molecule has 2 heterocycles. The van der Waals surface area contributed by atoms with Crippen molar-refractivity contribution in [2.45, 2.75) is 32.1 Å². The molecule has 5 nitrogen and oxygen atoms in total. The van der Waals surface area contributed by atoms with Crippen LogP contribution in [0, 0.1) is 0 Å². The number of aliphatic imine (C=N–C) groups is 1. The minimum absolute atomic E-state index is 0.00133. The van der Waals surface area contributed by atoms with Crippen LogP contribution in [0.2, 0.25) is 5.02 Å². The Hall–Kier alpha value is -2.44. The standard InChI is InChI=1S/C25H27ClN2O3S/c26-20-9-11-21(12-10-20)30-14-3-1-2-4-15-31-22-8-5-7-19(17-22)18-23-24(29)28-13-6-16-32-25(28)27-23/h5,7-12,17-18H,1-4,6,13-16H2/b23-18-. The second-order valence-electron chi connectivity index (χ2n) is 7.72. The molecule has 0 bridgehead atoms. The number of amides is 1. The van der Waals surface area contributed by atoms with Crippen molar-refractivity contribution in [3.8, 4) is 11.5 Å². The number of halogens is 1. The Balaban J connectivity index is 1.16. The van der Waals surface area contributed by atoms with E-state index < -0.39 is 0 Å². The van der Waals surface area contributed by atoms with E-state index >= 15 is 0 Å². The number of nitrogens with zero attached hydrogens (tertiary/aromatic N) is 2. The van der Waals surface area contributed by atoms with Crippen LogP contribution < -0.4 is 9.47 Å². The molecule has 1 saturated heterocycles. The molecule has 2 aliphatic heterocycles. The molecule has 1 amide bonds. The smallest absolute Gasteiger partial charge is 0.278 e. The number of carbonyl (C=O) groups excluding carboxylic acids is 1. The van der Waals surface area contributed by atoms with Crippen molar-refractivity contribution in [3.63, 3.8) is 0 Å². The van der Waals surface area contributed by atoms with E-state index in [0.717, 1.165) is 71.7 Å². The van der Waals surface area contributed by atoms with Crippen LogP contribution in [0.15, 0.2) is 59.2 Å². The highest BCUT2D eigenvalue weighted by Gasteiger charge is 2.32. The Kier molecular flexibility index (Phi) is 8.13. The number of thioether (sulfide) groups is 1. The largest absolute Gasteiger partial charge is 0.494 e. The third-order valence-electron chi connectivity index (χ3n) is 5.22. The Morgan fingerprint density at radius 2 is 1.75 bits per heavy atom. The molecule has 32 heavy (non-hydrogen) atoms. The van der Waals surface area contributed by atoms with E-state index in [1.54, 1.807) is 16.7 Å². The molecule has 4 rings (SSSR count). The van der Waals surface area contributed by atoms with Crippen molar-refractivity contribution in [1.82, 2.24) is 4.90 Å². The number of ether oxygens (including phenoxy) is 2. The van der Waals surface area contributed by atoms with Gasteiger partial charge in [-0.05, 0) is 80.1 Å². The molecule has 0 spiro atoms. The van der Waals surface area contributed by atoms with Crippen LogP contribution in [-0.2, 0) is 4.79 Å². The maximum atomic E-state index is 12.5. The van der Waals surface area contributed by atoms with Gasteiger partial charge in [0, 0.05) is 17.3 Å². The fourth-order valence-electron chi connectivity index (χ4n) is 3.54. The van der Waals surface area contributed by atoms with Gasteiger partial charge in [0.2, 0.25) is 0 Å². The summed E-state index contributed by atoms with van der Waals surface area (Å²) in [6.07, 6.45) is 7.05. The minimum atomic E-state index is -0.00133. The van der Waals surface area contributed by atoms with E-state index in [-0.39, 0.29) is 5.91 Å². The third kappa shape index (κ3) is 6.30. The van der Waals surface area contributed by atoms with E-state index in [9.17, 15) is 4.79 Å². The van der Waals surface area contributed by atoms with Crippen LogP contribution in [0.25, 0.3) is 6.08 Å². The van der Waals surface area contributed by atoms with Gasteiger partial charge in [0.25, 0.3) is 5.91 Å². The molecule has 0 unspecified atom stereocenters.